The lowest BCUT2D eigenvalue weighted by atomic mass is 10.1. The summed E-state index contributed by atoms with van der Waals surface area (Å²) < 4.78 is 35.3. The van der Waals surface area contributed by atoms with Gasteiger partial charge >= 0.3 is 5.97 Å². The molecule has 128 valence electrons. The Morgan fingerprint density at radius 1 is 1.50 bits per heavy atom. The van der Waals surface area contributed by atoms with Crippen molar-refractivity contribution >= 4 is 23.8 Å². The van der Waals surface area contributed by atoms with Crippen LogP contribution in [0.2, 0.25) is 0 Å². The second-order valence-electron chi connectivity index (χ2n) is 5.37. The van der Waals surface area contributed by atoms with Crippen molar-refractivity contribution < 1.29 is 18.3 Å². The molecule has 1 fully saturated rings. The van der Waals surface area contributed by atoms with Crippen LogP contribution in [-0.4, -0.2) is 54.2 Å². The molecule has 1 aromatic rings. The van der Waals surface area contributed by atoms with Crippen LogP contribution in [0.25, 0.3) is 0 Å². The minimum Gasteiger partial charge on any atom is -0.466 e. The monoisotopic (exact) mass is 354 g/mol. The number of hydrogen-bond donors (Lipinski definition) is 1. The summed E-state index contributed by atoms with van der Waals surface area (Å²) in [5.74, 6) is -1.67. The SMILES string of the molecule is COC(=O)C1=C2CC(NSC)CN2C(c2ncc(F)cc2F)=NC1. The maximum atomic E-state index is 14.1. The quantitative estimate of drug-likeness (QED) is 0.653. The van der Waals surface area contributed by atoms with E-state index >= 15 is 0 Å². The third-order valence-electron chi connectivity index (χ3n) is 3.90. The largest absolute Gasteiger partial charge is 0.466 e. The van der Waals surface area contributed by atoms with Gasteiger partial charge in [0.15, 0.2) is 11.7 Å². The molecule has 6 nitrogen and oxygen atoms in total. The van der Waals surface area contributed by atoms with E-state index in [9.17, 15) is 13.6 Å². The number of nitrogens with one attached hydrogen (secondary N) is 1. The topological polar surface area (TPSA) is 66.8 Å². The Hall–Kier alpha value is -2.00. The summed E-state index contributed by atoms with van der Waals surface area (Å²) in [6.45, 7) is 0.590. The normalized spacial score (nSPS) is 20.1. The number of aliphatic imine (C=N–C) groups is 1. The maximum absolute atomic E-state index is 14.1. The number of fused-ring (bicyclic) bond motifs is 1. The fraction of sp³-hybridized carbons (Fsp3) is 0.400. The average Bonchev–Trinajstić information content (AvgIpc) is 2.97. The van der Waals surface area contributed by atoms with E-state index in [0.29, 0.717) is 24.4 Å². The molecule has 0 bridgehead atoms. The van der Waals surface area contributed by atoms with Gasteiger partial charge in [-0.2, -0.15) is 0 Å². The number of carbonyl (C=O) groups excluding carboxylic acids is 1. The first kappa shape index (κ1) is 16.8. The molecule has 1 aromatic heterocycles. The molecule has 1 atom stereocenters. The average molecular weight is 354 g/mol. The molecule has 1 unspecified atom stereocenters. The fourth-order valence-corrected chi connectivity index (χ4v) is 3.39. The van der Waals surface area contributed by atoms with Crippen LogP contribution < -0.4 is 4.72 Å². The number of pyridine rings is 1. The predicted molar refractivity (Wildman–Crippen MR) is 86.4 cm³/mol. The van der Waals surface area contributed by atoms with E-state index in [1.807, 2.05) is 6.26 Å². The van der Waals surface area contributed by atoms with Crippen molar-refractivity contribution in [1.29, 1.82) is 0 Å². The van der Waals surface area contributed by atoms with Gasteiger partial charge in [-0.1, -0.05) is 11.9 Å². The van der Waals surface area contributed by atoms with Crippen LogP contribution in [0.4, 0.5) is 8.78 Å². The maximum Gasteiger partial charge on any atom is 0.337 e. The summed E-state index contributed by atoms with van der Waals surface area (Å²) in [4.78, 5) is 21.9. The van der Waals surface area contributed by atoms with Gasteiger partial charge in [0.25, 0.3) is 0 Å². The standard InChI is InChI=1S/C15H16F2N4O2S/c1-23-15(22)10-6-19-14(13-11(17)3-8(16)5-18-13)21-7-9(20-24-2)4-12(10)21/h3,5,9,20H,4,6-7H2,1-2H3. The molecule has 0 spiro atoms. The molecular weight excluding hydrogens is 338 g/mol. The number of halogens is 2. The number of aromatic nitrogens is 1. The van der Waals surface area contributed by atoms with E-state index in [1.54, 1.807) is 4.90 Å². The second kappa shape index (κ2) is 6.86. The molecular formula is C15H16F2N4O2S. The van der Waals surface area contributed by atoms with Crippen molar-refractivity contribution in [3.63, 3.8) is 0 Å². The number of rotatable bonds is 4. The molecule has 0 amide bonds. The van der Waals surface area contributed by atoms with Gasteiger partial charge in [0.05, 0.1) is 25.4 Å². The third-order valence-corrected chi connectivity index (χ3v) is 4.46. The summed E-state index contributed by atoms with van der Waals surface area (Å²) in [6.07, 6.45) is 3.45. The molecule has 3 heterocycles. The first-order chi connectivity index (χ1) is 11.5. The van der Waals surface area contributed by atoms with E-state index in [2.05, 4.69) is 14.7 Å². The number of amidine groups is 1. The van der Waals surface area contributed by atoms with Gasteiger partial charge in [0, 0.05) is 30.8 Å². The molecule has 0 saturated carbocycles. The van der Waals surface area contributed by atoms with E-state index in [4.69, 9.17) is 4.74 Å². The van der Waals surface area contributed by atoms with Crippen molar-refractivity contribution in [2.24, 2.45) is 4.99 Å². The van der Waals surface area contributed by atoms with Gasteiger partial charge < -0.3 is 9.64 Å². The predicted octanol–water partition coefficient (Wildman–Crippen LogP) is 1.49. The van der Waals surface area contributed by atoms with Gasteiger partial charge in [-0.3, -0.25) is 9.71 Å². The van der Waals surface area contributed by atoms with Crippen LogP contribution in [0.1, 0.15) is 12.1 Å². The molecule has 0 aliphatic carbocycles. The molecule has 2 aliphatic heterocycles. The van der Waals surface area contributed by atoms with Gasteiger partial charge in [-0.25, -0.2) is 18.6 Å². The highest BCUT2D eigenvalue weighted by Gasteiger charge is 2.37. The molecule has 2 aliphatic rings. The van der Waals surface area contributed by atoms with E-state index < -0.39 is 17.6 Å². The number of hydrogen-bond acceptors (Lipinski definition) is 7. The Morgan fingerprint density at radius 2 is 2.29 bits per heavy atom. The lowest BCUT2D eigenvalue weighted by molar-refractivity contribution is -0.136. The Bertz CT molecular complexity index is 738. The van der Waals surface area contributed by atoms with Crippen LogP contribution in [0.5, 0.6) is 0 Å². The molecule has 0 aromatic carbocycles. The van der Waals surface area contributed by atoms with Gasteiger partial charge in [0.1, 0.15) is 11.5 Å². The fourth-order valence-electron chi connectivity index (χ4n) is 2.90. The van der Waals surface area contributed by atoms with Gasteiger partial charge in [-0.15, -0.1) is 0 Å². The molecule has 1 N–H and O–H groups in total. The van der Waals surface area contributed by atoms with Crippen molar-refractivity contribution in [3.8, 4) is 0 Å². The van der Waals surface area contributed by atoms with Crippen molar-refractivity contribution in [3.05, 3.63) is 40.9 Å². The minimum absolute atomic E-state index is 0.0254. The lowest BCUT2D eigenvalue weighted by Crippen LogP contribution is -2.37. The summed E-state index contributed by atoms with van der Waals surface area (Å²) in [5.41, 5.74) is 1.17. The number of ether oxygens (including phenoxy) is 1. The van der Waals surface area contributed by atoms with E-state index in [1.165, 1.54) is 19.1 Å². The zero-order valence-electron chi connectivity index (χ0n) is 13.2. The van der Waals surface area contributed by atoms with Crippen LogP contribution in [0, 0.1) is 11.6 Å². The smallest absolute Gasteiger partial charge is 0.337 e. The van der Waals surface area contributed by atoms with Gasteiger partial charge in [-0.05, 0) is 6.26 Å². The molecule has 9 heteroatoms. The van der Waals surface area contributed by atoms with Crippen molar-refractivity contribution in [1.82, 2.24) is 14.6 Å². The first-order valence-corrected chi connectivity index (χ1v) is 8.49. The van der Waals surface area contributed by atoms with Crippen LogP contribution >= 0.6 is 11.9 Å². The third kappa shape index (κ3) is 3.01. The minimum atomic E-state index is -0.782. The van der Waals surface area contributed by atoms with Gasteiger partial charge in [0.2, 0.25) is 0 Å². The Morgan fingerprint density at radius 3 is 2.96 bits per heavy atom. The highest BCUT2D eigenvalue weighted by molar-refractivity contribution is 7.96. The Balaban J connectivity index is 1.99. The zero-order chi connectivity index (χ0) is 17.3. The van der Waals surface area contributed by atoms with Crippen LogP contribution in [0.3, 0.4) is 0 Å². The number of nitrogens with zero attached hydrogens (tertiary/aromatic N) is 3. The second-order valence-corrected chi connectivity index (χ2v) is 6.02. The van der Waals surface area contributed by atoms with E-state index in [-0.39, 0.29) is 18.3 Å². The zero-order valence-corrected chi connectivity index (χ0v) is 14.0. The van der Waals surface area contributed by atoms with Crippen LogP contribution in [-0.2, 0) is 9.53 Å². The number of methoxy groups -OCH3 is 1. The van der Waals surface area contributed by atoms with Crippen LogP contribution in [0.15, 0.2) is 28.5 Å². The summed E-state index contributed by atoms with van der Waals surface area (Å²) >= 11 is 1.47. The van der Waals surface area contributed by atoms with E-state index in [0.717, 1.165) is 18.0 Å². The first-order valence-electron chi connectivity index (χ1n) is 7.27. The number of esters is 1. The Kier molecular flexibility index (Phi) is 4.81. The van der Waals surface area contributed by atoms with Crippen molar-refractivity contribution in [2.45, 2.75) is 12.5 Å². The number of carbonyl (C=O) groups is 1. The Labute approximate surface area is 142 Å². The molecule has 1 saturated heterocycles. The molecule has 24 heavy (non-hydrogen) atoms. The molecule has 0 radical (unpaired) electrons. The molecule has 3 rings (SSSR count). The van der Waals surface area contributed by atoms with Crippen molar-refractivity contribution in [2.75, 3.05) is 26.5 Å². The highest BCUT2D eigenvalue weighted by atomic mass is 32.2. The summed E-state index contributed by atoms with van der Waals surface area (Å²) in [7, 11) is 1.31. The summed E-state index contributed by atoms with van der Waals surface area (Å²) in [6, 6.07) is 0.846. The highest BCUT2D eigenvalue weighted by Crippen LogP contribution is 2.31. The lowest BCUT2D eigenvalue weighted by Gasteiger charge is -2.27. The summed E-state index contributed by atoms with van der Waals surface area (Å²) in [5, 5.41) is 0.